The number of thioether (sulfide) groups is 1. The summed E-state index contributed by atoms with van der Waals surface area (Å²) in [5.74, 6) is 0.717. The highest BCUT2D eigenvalue weighted by molar-refractivity contribution is 7.99. The van der Waals surface area contributed by atoms with E-state index in [9.17, 15) is 9.59 Å². The first-order chi connectivity index (χ1) is 18.5. The van der Waals surface area contributed by atoms with Crippen molar-refractivity contribution >= 4 is 46.8 Å². The summed E-state index contributed by atoms with van der Waals surface area (Å²) >= 11 is 14.0. The van der Waals surface area contributed by atoms with Gasteiger partial charge in [0, 0.05) is 34.8 Å². The average molecular weight is 570 g/mol. The third-order valence-corrected chi connectivity index (χ3v) is 8.52. The molecule has 1 saturated carbocycles. The van der Waals surface area contributed by atoms with Gasteiger partial charge in [-0.15, -0.1) is 11.8 Å². The van der Waals surface area contributed by atoms with Gasteiger partial charge in [0.1, 0.15) is 6.04 Å². The van der Waals surface area contributed by atoms with Crippen LogP contribution in [-0.4, -0.2) is 34.6 Å². The van der Waals surface area contributed by atoms with Crippen molar-refractivity contribution in [3.63, 3.8) is 0 Å². The maximum absolute atomic E-state index is 13.8. The van der Waals surface area contributed by atoms with Gasteiger partial charge in [-0.1, -0.05) is 103 Å². The quantitative estimate of drug-likeness (QED) is 0.263. The van der Waals surface area contributed by atoms with Crippen molar-refractivity contribution < 1.29 is 9.59 Å². The van der Waals surface area contributed by atoms with Crippen molar-refractivity contribution in [2.24, 2.45) is 0 Å². The van der Waals surface area contributed by atoms with Crippen LogP contribution in [0.15, 0.2) is 78.9 Å². The van der Waals surface area contributed by atoms with Crippen LogP contribution in [0.25, 0.3) is 0 Å². The Morgan fingerprint density at radius 3 is 2.26 bits per heavy atom. The van der Waals surface area contributed by atoms with Crippen molar-refractivity contribution in [1.29, 1.82) is 0 Å². The van der Waals surface area contributed by atoms with E-state index >= 15 is 0 Å². The number of rotatable bonds is 11. The SMILES string of the molecule is O=C(NC1CCCCC1)[C@@H](Cc1ccccc1)N(Cc1ccc(Cl)cc1)C(=O)CSCc1ccccc1Cl. The average Bonchev–Trinajstić information content (AvgIpc) is 2.94. The summed E-state index contributed by atoms with van der Waals surface area (Å²) in [6, 6.07) is 24.6. The molecule has 1 fully saturated rings. The molecule has 4 rings (SSSR count). The Morgan fingerprint density at radius 2 is 1.55 bits per heavy atom. The van der Waals surface area contributed by atoms with E-state index in [0.717, 1.165) is 42.4 Å². The topological polar surface area (TPSA) is 49.4 Å². The second-order valence-corrected chi connectivity index (χ2v) is 11.6. The van der Waals surface area contributed by atoms with Gasteiger partial charge in [-0.2, -0.15) is 0 Å². The minimum atomic E-state index is -0.622. The number of carbonyl (C=O) groups excluding carboxylic acids is 2. The van der Waals surface area contributed by atoms with E-state index in [1.165, 1.54) is 18.2 Å². The van der Waals surface area contributed by atoms with Crippen LogP contribution in [0.3, 0.4) is 0 Å². The van der Waals surface area contributed by atoms with Crippen molar-refractivity contribution in [3.8, 4) is 0 Å². The lowest BCUT2D eigenvalue weighted by Crippen LogP contribution is -2.53. The fourth-order valence-corrected chi connectivity index (χ4v) is 6.15. The number of amides is 2. The Labute approximate surface area is 240 Å². The first-order valence-corrected chi connectivity index (χ1v) is 15.1. The van der Waals surface area contributed by atoms with Gasteiger partial charge < -0.3 is 10.2 Å². The molecular weight excluding hydrogens is 535 g/mol. The van der Waals surface area contributed by atoms with Gasteiger partial charge in [-0.05, 0) is 47.7 Å². The molecule has 2 amide bonds. The molecule has 1 atom stereocenters. The predicted octanol–water partition coefficient (Wildman–Crippen LogP) is 7.32. The van der Waals surface area contributed by atoms with Gasteiger partial charge in [0.15, 0.2) is 0 Å². The lowest BCUT2D eigenvalue weighted by Gasteiger charge is -2.33. The van der Waals surface area contributed by atoms with Crippen molar-refractivity contribution in [3.05, 3.63) is 106 Å². The van der Waals surface area contributed by atoms with Crippen LogP contribution >= 0.6 is 35.0 Å². The Bertz CT molecular complexity index is 1180. The number of nitrogens with one attached hydrogen (secondary N) is 1. The normalized spacial score (nSPS) is 14.6. The van der Waals surface area contributed by atoms with Gasteiger partial charge >= 0.3 is 0 Å². The van der Waals surface area contributed by atoms with Gasteiger partial charge in [0.2, 0.25) is 11.8 Å². The van der Waals surface area contributed by atoms with E-state index in [0.29, 0.717) is 28.8 Å². The summed E-state index contributed by atoms with van der Waals surface area (Å²) in [5, 5.41) is 4.61. The van der Waals surface area contributed by atoms with E-state index in [4.69, 9.17) is 23.2 Å². The molecule has 0 saturated heterocycles. The Kier molecular flexibility index (Phi) is 11.0. The molecule has 3 aromatic carbocycles. The molecule has 1 aliphatic carbocycles. The molecule has 7 heteroatoms. The number of carbonyl (C=O) groups is 2. The monoisotopic (exact) mass is 568 g/mol. The summed E-state index contributed by atoms with van der Waals surface area (Å²) in [5.41, 5.74) is 2.95. The Morgan fingerprint density at radius 1 is 0.868 bits per heavy atom. The van der Waals surface area contributed by atoms with Crippen LogP contribution in [0, 0.1) is 0 Å². The molecule has 4 nitrogen and oxygen atoms in total. The molecular formula is C31H34Cl2N2O2S. The molecule has 1 aliphatic rings. The molecule has 200 valence electrons. The Hall–Kier alpha value is -2.47. The number of benzene rings is 3. The molecule has 38 heavy (non-hydrogen) atoms. The molecule has 0 aromatic heterocycles. The van der Waals surface area contributed by atoms with E-state index in [1.54, 1.807) is 4.90 Å². The van der Waals surface area contributed by atoms with E-state index in [1.807, 2.05) is 78.9 Å². The fraction of sp³-hybridized carbons (Fsp3) is 0.355. The van der Waals surface area contributed by atoms with Gasteiger partial charge in [-0.25, -0.2) is 0 Å². The summed E-state index contributed by atoms with van der Waals surface area (Å²) in [6.45, 7) is 0.332. The molecule has 0 spiro atoms. The zero-order chi connectivity index (χ0) is 26.7. The van der Waals surface area contributed by atoms with Gasteiger partial charge in [0.05, 0.1) is 5.75 Å². The van der Waals surface area contributed by atoms with Crippen molar-refractivity contribution in [1.82, 2.24) is 10.2 Å². The largest absolute Gasteiger partial charge is 0.352 e. The minimum Gasteiger partial charge on any atom is -0.352 e. The zero-order valence-electron chi connectivity index (χ0n) is 21.5. The summed E-state index contributed by atoms with van der Waals surface area (Å²) < 4.78 is 0. The number of halogens is 2. The highest BCUT2D eigenvalue weighted by atomic mass is 35.5. The smallest absolute Gasteiger partial charge is 0.243 e. The molecule has 3 aromatic rings. The second kappa shape index (κ2) is 14.6. The maximum atomic E-state index is 13.8. The number of hydrogen-bond donors (Lipinski definition) is 1. The molecule has 0 unspecified atom stereocenters. The van der Waals surface area contributed by atoms with Crippen LogP contribution in [0.5, 0.6) is 0 Å². The highest BCUT2D eigenvalue weighted by Crippen LogP contribution is 2.24. The fourth-order valence-electron chi connectivity index (χ4n) is 4.83. The molecule has 0 heterocycles. The predicted molar refractivity (Wildman–Crippen MR) is 159 cm³/mol. The van der Waals surface area contributed by atoms with Crippen molar-refractivity contribution in [2.45, 2.75) is 62.9 Å². The van der Waals surface area contributed by atoms with E-state index in [2.05, 4.69) is 5.32 Å². The third-order valence-electron chi connectivity index (χ3n) is 6.93. The zero-order valence-corrected chi connectivity index (χ0v) is 23.8. The molecule has 0 aliphatic heterocycles. The summed E-state index contributed by atoms with van der Waals surface area (Å²) in [6.07, 6.45) is 5.89. The molecule has 0 radical (unpaired) electrons. The number of hydrogen-bond acceptors (Lipinski definition) is 3. The lowest BCUT2D eigenvalue weighted by molar-refractivity contribution is -0.139. The Balaban J connectivity index is 1.56. The number of nitrogens with zero attached hydrogens (tertiary/aromatic N) is 1. The standard InChI is InChI=1S/C31H34Cl2N2O2S/c32-26-17-15-24(16-18-26)20-35(30(36)22-38-21-25-11-7-8-14-28(25)33)29(19-23-9-3-1-4-10-23)31(37)34-27-12-5-2-6-13-27/h1,3-4,7-11,14-18,27,29H,2,5-6,12-13,19-22H2,(H,34,37)/t29-/m1/s1. The lowest BCUT2D eigenvalue weighted by atomic mass is 9.94. The summed E-state index contributed by atoms with van der Waals surface area (Å²) in [7, 11) is 0. The minimum absolute atomic E-state index is 0.0725. The van der Waals surface area contributed by atoms with Gasteiger partial charge in [-0.3, -0.25) is 9.59 Å². The van der Waals surface area contributed by atoms with Gasteiger partial charge in [0.25, 0.3) is 0 Å². The third kappa shape index (κ3) is 8.52. The van der Waals surface area contributed by atoms with Crippen LogP contribution in [0.1, 0.15) is 48.8 Å². The summed E-state index contributed by atoms with van der Waals surface area (Å²) in [4.78, 5) is 29.3. The van der Waals surface area contributed by atoms with Crippen LogP contribution in [-0.2, 0) is 28.3 Å². The maximum Gasteiger partial charge on any atom is 0.243 e. The first kappa shape index (κ1) is 28.5. The first-order valence-electron chi connectivity index (χ1n) is 13.2. The van der Waals surface area contributed by atoms with E-state index < -0.39 is 6.04 Å². The van der Waals surface area contributed by atoms with E-state index in [-0.39, 0.29) is 23.6 Å². The van der Waals surface area contributed by atoms with Crippen molar-refractivity contribution in [2.75, 3.05) is 5.75 Å². The molecule has 1 N–H and O–H groups in total. The molecule has 0 bridgehead atoms. The van der Waals surface area contributed by atoms with Crippen LogP contribution < -0.4 is 5.32 Å². The van der Waals surface area contributed by atoms with Crippen LogP contribution in [0.2, 0.25) is 10.0 Å². The highest BCUT2D eigenvalue weighted by Gasteiger charge is 2.31. The second-order valence-electron chi connectivity index (χ2n) is 9.78. The van der Waals surface area contributed by atoms with Crippen LogP contribution in [0.4, 0.5) is 0 Å².